The maximum Gasteiger partial charge on any atom is 0.375 e. The van der Waals surface area contributed by atoms with Crippen LogP contribution < -0.4 is 3.71 Å². The Labute approximate surface area is 108 Å². The van der Waals surface area contributed by atoms with Gasteiger partial charge in [0.15, 0.2) is 0 Å². The monoisotopic (exact) mass is 333 g/mol. The van der Waals surface area contributed by atoms with E-state index in [0.717, 1.165) is 12.1 Å². The first-order valence-corrected chi connectivity index (χ1v) is 8.40. The first-order chi connectivity index (χ1) is 8.35. The lowest BCUT2D eigenvalue weighted by atomic mass is 10.3. The number of anilines is 1. The predicted molar refractivity (Wildman–Crippen MR) is 61.8 cm³/mol. The molecule has 0 bridgehead atoms. The largest absolute Gasteiger partial charge is 0.375 e. The molecule has 1 rings (SSSR count). The van der Waals surface area contributed by atoms with Crippen molar-refractivity contribution < 1.29 is 38.9 Å². The maximum atomic E-state index is 11.0. The van der Waals surface area contributed by atoms with E-state index >= 15 is 0 Å². The van der Waals surface area contributed by atoms with Crippen LogP contribution in [0.25, 0.3) is 0 Å². The van der Waals surface area contributed by atoms with Crippen molar-refractivity contribution in [3.63, 3.8) is 0 Å². The third-order valence-corrected chi connectivity index (χ3v) is 5.02. The Kier molecular flexibility index (Phi) is 3.91. The molecule has 19 heavy (non-hydrogen) atoms. The lowest BCUT2D eigenvalue weighted by molar-refractivity contribution is 0.465. The molecular weight excluding hydrogens is 326 g/mol. The second-order valence-corrected chi connectivity index (χ2v) is 7.24. The maximum absolute atomic E-state index is 11.0. The van der Waals surface area contributed by atoms with Gasteiger partial charge in [-0.3, -0.25) is 13.7 Å². The molecule has 0 aliphatic heterocycles. The van der Waals surface area contributed by atoms with Crippen molar-refractivity contribution in [2.24, 2.45) is 0 Å². The number of nitrogens with zero attached hydrogens (tertiary/aromatic N) is 1. The van der Waals surface area contributed by atoms with E-state index in [9.17, 15) is 25.3 Å². The molecule has 0 spiro atoms. The topological polar surface area (TPSA) is 166 Å². The van der Waals surface area contributed by atoms with E-state index in [1.807, 2.05) is 0 Å². The molecule has 0 amide bonds. The fourth-order valence-corrected chi connectivity index (χ4v) is 3.75. The van der Waals surface area contributed by atoms with Crippen molar-refractivity contribution in [2.45, 2.75) is 4.90 Å². The summed E-state index contributed by atoms with van der Waals surface area (Å²) in [6.07, 6.45) is 0. The molecular formula is C6H7NO9S3. The van der Waals surface area contributed by atoms with Crippen LogP contribution in [-0.2, 0) is 30.7 Å². The summed E-state index contributed by atoms with van der Waals surface area (Å²) in [4.78, 5) is -1.13. The molecule has 1 aromatic rings. The standard InChI is InChI=1S/C6H7NO9S3/c8-17(9,10)6-4-2-1-3-5(6)7(18(11,12)13)19(14,15)16/h1-4H,(H,8,9,10)(H,11,12,13)(H,14,15,16). The Balaban J connectivity index is 3.79. The van der Waals surface area contributed by atoms with Crippen LogP contribution in [0.15, 0.2) is 29.2 Å². The Morgan fingerprint density at radius 2 is 1.21 bits per heavy atom. The molecule has 13 heteroatoms. The highest BCUT2D eigenvalue weighted by atomic mass is 32.3. The molecule has 10 nitrogen and oxygen atoms in total. The molecule has 0 unspecified atom stereocenters. The lowest BCUT2D eigenvalue weighted by Crippen LogP contribution is -2.36. The summed E-state index contributed by atoms with van der Waals surface area (Å²) in [6.45, 7) is 0. The zero-order valence-electron chi connectivity index (χ0n) is 8.77. The van der Waals surface area contributed by atoms with Crippen molar-refractivity contribution >= 4 is 36.4 Å². The Bertz CT molecular complexity index is 760. The second-order valence-electron chi connectivity index (χ2n) is 3.10. The van der Waals surface area contributed by atoms with Gasteiger partial charge < -0.3 is 0 Å². The minimum Gasteiger partial charge on any atom is -0.282 e. The van der Waals surface area contributed by atoms with Gasteiger partial charge in [-0.25, -0.2) is 0 Å². The number of rotatable bonds is 4. The van der Waals surface area contributed by atoms with Crippen molar-refractivity contribution in [1.82, 2.24) is 0 Å². The van der Waals surface area contributed by atoms with Gasteiger partial charge in [-0.15, -0.1) is 3.71 Å². The van der Waals surface area contributed by atoms with E-state index < -0.39 is 45.0 Å². The SMILES string of the molecule is O=S(=O)(O)c1ccccc1N(S(=O)(=O)O)S(=O)(=O)O. The molecule has 0 heterocycles. The van der Waals surface area contributed by atoms with E-state index in [0.29, 0.717) is 12.1 Å². The average Bonchev–Trinajstić information content (AvgIpc) is 2.11. The van der Waals surface area contributed by atoms with Gasteiger partial charge in [0, 0.05) is 0 Å². The molecule has 0 aliphatic carbocycles. The van der Waals surface area contributed by atoms with Gasteiger partial charge in [0.2, 0.25) is 0 Å². The van der Waals surface area contributed by atoms with Crippen molar-refractivity contribution in [2.75, 3.05) is 3.71 Å². The molecule has 108 valence electrons. The fourth-order valence-electron chi connectivity index (χ4n) is 1.19. The lowest BCUT2D eigenvalue weighted by Gasteiger charge is -2.18. The van der Waals surface area contributed by atoms with Crippen LogP contribution in [-0.4, -0.2) is 38.9 Å². The van der Waals surface area contributed by atoms with Crippen molar-refractivity contribution in [3.05, 3.63) is 24.3 Å². The normalized spacial score (nSPS) is 13.2. The van der Waals surface area contributed by atoms with Crippen LogP contribution in [0.5, 0.6) is 0 Å². The van der Waals surface area contributed by atoms with Gasteiger partial charge in [0.05, 0.1) is 5.69 Å². The number of para-hydroxylation sites is 1. The van der Waals surface area contributed by atoms with Gasteiger partial charge in [-0.2, -0.15) is 25.3 Å². The van der Waals surface area contributed by atoms with Crippen LogP contribution in [0.1, 0.15) is 0 Å². The Morgan fingerprint density at radius 1 is 0.789 bits per heavy atom. The zero-order chi connectivity index (χ0) is 15.1. The third-order valence-electron chi connectivity index (χ3n) is 1.76. The molecule has 1 aromatic carbocycles. The zero-order valence-corrected chi connectivity index (χ0v) is 11.2. The first-order valence-electron chi connectivity index (χ1n) is 4.17. The van der Waals surface area contributed by atoms with Gasteiger partial charge >= 0.3 is 20.6 Å². The van der Waals surface area contributed by atoms with Gasteiger partial charge in [-0.1, -0.05) is 12.1 Å². The smallest absolute Gasteiger partial charge is 0.282 e. The molecule has 0 saturated heterocycles. The summed E-state index contributed by atoms with van der Waals surface area (Å²) in [6, 6.07) is 3.39. The van der Waals surface area contributed by atoms with E-state index in [2.05, 4.69) is 0 Å². The van der Waals surface area contributed by atoms with Gasteiger partial charge in [0.1, 0.15) is 4.90 Å². The second kappa shape index (κ2) is 4.69. The summed E-state index contributed by atoms with van der Waals surface area (Å²) < 4.78 is 91.1. The number of hydrogen-bond acceptors (Lipinski definition) is 6. The van der Waals surface area contributed by atoms with Crippen LogP contribution in [0.2, 0.25) is 0 Å². The van der Waals surface area contributed by atoms with Crippen LogP contribution in [0, 0.1) is 0 Å². The predicted octanol–water partition coefficient (Wildman–Crippen LogP) is -0.655. The molecule has 0 aliphatic rings. The van der Waals surface area contributed by atoms with Crippen molar-refractivity contribution in [1.29, 1.82) is 0 Å². The highest BCUT2D eigenvalue weighted by Crippen LogP contribution is 2.28. The van der Waals surface area contributed by atoms with E-state index in [1.165, 1.54) is 0 Å². The average molecular weight is 333 g/mol. The molecule has 0 aromatic heterocycles. The number of hydrogen-bond donors (Lipinski definition) is 3. The summed E-state index contributed by atoms with van der Waals surface area (Å²) in [7, 11) is -16.1. The van der Waals surface area contributed by atoms with Crippen LogP contribution in [0.4, 0.5) is 5.69 Å². The molecule has 3 N–H and O–H groups in total. The van der Waals surface area contributed by atoms with Gasteiger partial charge in [0.25, 0.3) is 10.1 Å². The van der Waals surface area contributed by atoms with Gasteiger partial charge in [-0.05, 0) is 12.1 Å². The third kappa shape index (κ3) is 3.62. The Hall–Kier alpha value is -1.25. The summed E-state index contributed by atoms with van der Waals surface area (Å²) >= 11 is 0. The molecule has 0 radical (unpaired) electrons. The number of benzene rings is 1. The fraction of sp³-hybridized carbons (Fsp3) is 0. The van der Waals surface area contributed by atoms with E-state index in [4.69, 9.17) is 13.7 Å². The summed E-state index contributed by atoms with van der Waals surface area (Å²) in [5.41, 5.74) is -1.16. The Morgan fingerprint density at radius 3 is 1.58 bits per heavy atom. The molecule has 0 atom stereocenters. The minimum absolute atomic E-state index is 0.643. The van der Waals surface area contributed by atoms with Crippen molar-refractivity contribution in [3.8, 4) is 0 Å². The molecule has 0 fully saturated rings. The highest BCUT2D eigenvalue weighted by Gasteiger charge is 2.35. The van der Waals surface area contributed by atoms with Crippen LogP contribution >= 0.6 is 0 Å². The molecule has 0 saturated carbocycles. The minimum atomic E-state index is -5.54. The van der Waals surface area contributed by atoms with E-state index in [1.54, 1.807) is 0 Å². The summed E-state index contributed by atoms with van der Waals surface area (Å²) in [5.74, 6) is 0. The highest BCUT2D eigenvalue weighted by molar-refractivity contribution is 8.05. The van der Waals surface area contributed by atoms with E-state index in [-0.39, 0.29) is 0 Å². The van der Waals surface area contributed by atoms with Crippen LogP contribution in [0.3, 0.4) is 0 Å². The summed E-state index contributed by atoms with van der Waals surface area (Å²) in [5, 5.41) is 0. The first kappa shape index (κ1) is 15.8. The quantitative estimate of drug-likeness (QED) is 0.606.